The van der Waals surface area contributed by atoms with E-state index >= 15 is 0 Å². The van der Waals surface area contributed by atoms with E-state index in [-0.39, 0.29) is 0 Å². The monoisotopic (exact) mass is 467 g/mol. The largest absolute Gasteiger partial charge is 0.464 e. The number of Topliss-reactive ketones (excluding diaryl/α,β-unsaturated/α-hetero) is 1. The molecular formula is C28H41N3O3. The van der Waals surface area contributed by atoms with Gasteiger partial charge in [0.25, 0.3) is 0 Å². The number of ether oxygens (including phenoxy) is 1. The molecule has 0 atom stereocenters. The molecule has 4 heterocycles. The molecule has 0 amide bonds. The summed E-state index contributed by atoms with van der Waals surface area (Å²) >= 11 is 0. The van der Waals surface area contributed by atoms with Crippen LogP contribution in [-0.4, -0.2) is 61.6 Å². The Bertz CT molecular complexity index is 936. The van der Waals surface area contributed by atoms with Crippen molar-refractivity contribution in [1.29, 1.82) is 0 Å². The van der Waals surface area contributed by atoms with Gasteiger partial charge in [-0.05, 0) is 69.4 Å². The molecule has 0 unspecified atom stereocenters. The smallest absolute Gasteiger partial charge is 0.142 e. The Hall–Kier alpha value is -1.92. The molecule has 1 aliphatic carbocycles. The van der Waals surface area contributed by atoms with Crippen LogP contribution in [0.15, 0.2) is 22.9 Å². The van der Waals surface area contributed by atoms with Gasteiger partial charge in [0, 0.05) is 64.0 Å². The van der Waals surface area contributed by atoms with Gasteiger partial charge in [-0.1, -0.05) is 12.8 Å². The first-order valence-corrected chi connectivity index (χ1v) is 13.5. The van der Waals surface area contributed by atoms with E-state index in [2.05, 4.69) is 16.7 Å². The van der Waals surface area contributed by atoms with Gasteiger partial charge in [0.1, 0.15) is 17.2 Å². The second kappa shape index (κ2) is 11.2. The molecular weight excluding hydrogens is 426 g/mol. The zero-order chi connectivity index (χ0) is 23.3. The zero-order valence-electron chi connectivity index (χ0n) is 20.8. The van der Waals surface area contributed by atoms with Crippen molar-refractivity contribution in [2.24, 2.45) is 17.8 Å². The molecule has 0 aromatic carbocycles. The fraction of sp³-hybridized carbons (Fsp3) is 0.714. The van der Waals surface area contributed by atoms with Crippen LogP contribution in [-0.2, 0) is 9.53 Å². The highest BCUT2D eigenvalue weighted by atomic mass is 16.5. The summed E-state index contributed by atoms with van der Waals surface area (Å²) < 4.78 is 11.1. The second-order valence-corrected chi connectivity index (χ2v) is 10.9. The highest BCUT2D eigenvalue weighted by Crippen LogP contribution is 2.34. The first kappa shape index (κ1) is 23.8. The second-order valence-electron chi connectivity index (χ2n) is 10.9. The number of aryl methyl sites for hydroxylation is 1. The lowest BCUT2D eigenvalue weighted by molar-refractivity contribution is -0.121. The van der Waals surface area contributed by atoms with Crippen LogP contribution in [0.25, 0.3) is 11.0 Å². The molecule has 0 bridgehead atoms. The van der Waals surface area contributed by atoms with Gasteiger partial charge in [0.15, 0.2) is 0 Å². The lowest BCUT2D eigenvalue weighted by Crippen LogP contribution is -2.47. The average Bonchev–Trinajstić information content (AvgIpc) is 3.36. The van der Waals surface area contributed by atoms with Gasteiger partial charge < -0.3 is 14.1 Å². The maximum absolute atomic E-state index is 12.5. The van der Waals surface area contributed by atoms with E-state index in [4.69, 9.17) is 14.1 Å². The summed E-state index contributed by atoms with van der Waals surface area (Å²) in [4.78, 5) is 22.3. The van der Waals surface area contributed by atoms with Gasteiger partial charge >= 0.3 is 0 Å². The Morgan fingerprint density at radius 1 is 0.971 bits per heavy atom. The molecule has 2 saturated heterocycles. The fourth-order valence-electron chi connectivity index (χ4n) is 6.28. The molecule has 6 nitrogen and oxygen atoms in total. The first-order chi connectivity index (χ1) is 16.7. The average molecular weight is 468 g/mol. The molecule has 186 valence electrons. The number of anilines is 1. The van der Waals surface area contributed by atoms with Crippen LogP contribution in [0.4, 0.5) is 5.82 Å². The molecule has 2 aliphatic heterocycles. The standard InChI is InChI=1S/C28H41N3O3/c1-21-20-29-28(26-9-17-34-27(21)26)31-13-11-30(12-14-31)10-6-22-2-4-23(5-3-22)18-25(32)19-24-7-15-33-16-8-24/h9,17,20,22-24H,2-8,10-16,18-19H2,1H3. The molecule has 5 rings (SSSR count). The minimum Gasteiger partial charge on any atom is -0.464 e. The molecule has 0 N–H and O–H groups in total. The maximum Gasteiger partial charge on any atom is 0.142 e. The Morgan fingerprint density at radius 3 is 2.38 bits per heavy atom. The van der Waals surface area contributed by atoms with Crippen LogP contribution in [0.3, 0.4) is 0 Å². The molecule has 0 radical (unpaired) electrons. The maximum atomic E-state index is 12.5. The van der Waals surface area contributed by atoms with Crippen molar-refractivity contribution in [3.63, 3.8) is 0 Å². The lowest BCUT2D eigenvalue weighted by atomic mass is 9.77. The topological polar surface area (TPSA) is 58.8 Å². The third-order valence-electron chi connectivity index (χ3n) is 8.51. The minimum absolute atomic E-state index is 0.504. The number of fused-ring (bicyclic) bond motifs is 1. The number of rotatable bonds is 8. The predicted molar refractivity (Wildman–Crippen MR) is 135 cm³/mol. The van der Waals surface area contributed by atoms with Crippen LogP contribution >= 0.6 is 0 Å². The van der Waals surface area contributed by atoms with Crippen molar-refractivity contribution in [2.75, 3.05) is 50.8 Å². The number of carbonyl (C=O) groups excluding carboxylic acids is 1. The van der Waals surface area contributed by atoms with Crippen molar-refractivity contribution in [1.82, 2.24) is 9.88 Å². The molecule has 0 spiro atoms. The number of nitrogens with zero attached hydrogens (tertiary/aromatic N) is 3. The number of pyridine rings is 1. The van der Waals surface area contributed by atoms with Gasteiger partial charge in [-0.15, -0.1) is 0 Å². The van der Waals surface area contributed by atoms with Crippen LogP contribution < -0.4 is 4.90 Å². The van der Waals surface area contributed by atoms with Crippen molar-refractivity contribution in [3.05, 3.63) is 24.1 Å². The number of hydrogen-bond donors (Lipinski definition) is 0. The van der Waals surface area contributed by atoms with E-state index < -0.39 is 0 Å². The molecule has 2 aromatic heterocycles. The fourth-order valence-corrected chi connectivity index (χ4v) is 6.28. The van der Waals surface area contributed by atoms with Crippen LogP contribution in [0, 0.1) is 24.7 Å². The number of carbonyl (C=O) groups is 1. The molecule has 2 aromatic rings. The minimum atomic E-state index is 0.504. The molecule has 34 heavy (non-hydrogen) atoms. The number of hydrogen-bond acceptors (Lipinski definition) is 6. The highest BCUT2D eigenvalue weighted by molar-refractivity contribution is 5.90. The Kier molecular flexibility index (Phi) is 7.85. The summed E-state index contributed by atoms with van der Waals surface area (Å²) in [5.41, 5.74) is 2.06. The number of piperazine rings is 1. The Balaban J connectivity index is 0.999. The first-order valence-electron chi connectivity index (χ1n) is 13.5. The molecule has 3 aliphatic rings. The van der Waals surface area contributed by atoms with Crippen molar-refractivity contribution in [3.8, 4) is 0 Å². The van der Waals surface area contributed by atoms with Gasteiger partial charge in [-0.25, -0.2) is 4.98 Å². The number of aromatic nitrogens is 1. The summed E-state index contributed by atoms with van der Waals surface area (Å²) in [6.07, 6.45) is 13.9. The van der Waals surface area contributed by atoms with Gasteiger partial charge in [0.2, 0.25) is 0 Å². The number of ketones is 1. The van der Waals surface area contributed by atoms with E-state index in [1.165, 1.54) is 38.6 Å². The van der Waals surface area contributed by atoms with Crippen LogP contribution in [0.5, 0.6) is 0 Å². The van der Waals surface area contributed by atoms with E-state index in [0.29, 0.717) is 17.6 Å². The SMILES string of the molecule is Cc1cnc(N2CCN(CCC3CCC(CC(=O)CC4CCOCC4)CC3)CC2)c2ccoc12. The highest BCUT2D eigenvalue weighted by Gasteiger charge is 2.26. The van der Waals surface area contributed by atoms with Crippen LogP contribution in [0.1, 0.15) is 63.4 Å². The predicted octanol–water partition coefficient (Wildman–Crippen LogP) is 5.23. The third-order valence-corrected chi connectivity index (χ3v) is 8.51. The summed E-state index contributed by atoms with van der Waals surface area (Å²) in [6.45, 7) is 9.20. The number of furan rings is 1. The summed E-state index contributed by atoms with van der Waals surface area (Å²) in [5, 5.41) is 1.14. The summed E-state index contributed by atoms with van der Waals surface area (Å²) in [7, 11) is 0. The van der Waals surface area contributed by atoms with Crippen molar-refractivity contribution < 1.29 is 13.9 Å². The van der Waals surface area contributed by atoms with Crippen molar-refractivity contribution in [2.45, 2.75) is 64.7 Å². The van der Waals surface area contributed by atoms with Gasteiger partial charge in [0.05, 0.1) is 11.6 Å². The summed E-state index contributed by atoms with van der Waals surface area (Å²) in [6, 6.07) is 2.05. The molecule has 3 fully saturated rings. The van der Waals surface area contributed by atoms with Crippen LogP contribution in [0.2, 0.25) is 0 Å². The van der Waals surface area contributed by atoms with E-state index in [9.17, 15) is 4.79 Å². The van der Waals surface area contributed by atoms with Gasteiger partial charge in [-0.3, -0.25) is 9.69 Å². The zero-order valence-corrected chi connectivity index (χ0v) is 20.8. The van der Waals surface area contributed by atoms with Crippen molar-refractivity contribution >= 4 is 22.6 Å². The molecule has 1 saturated carbocycles. The Labute approximate surface area is 204 Å². The lowest BCUT2D eigenvalue weighted by Gasteiger charge is -2.37. The third kappa shape index (κ3) is 5.83. The summed E-state index contributed by atoms with van der Waals surface area (Å²) in [5.74, 6) is 3.62. The quantitative estimate of drug-likeness (QED) is 0.530. The van der Waals surface area contributed by atoms with E-state index in [1.54, 1.807) is 6.26 Å². The van der Waals surface area contributed by atoms with Gasteiger partial charge in [-0.2, -0.15) is 0 Å². The normalized spacial score (nSPS) is 25.1. The molecule has 6 heteroatoms. The van der Waals surface area contributed by atoms with E-state index in [1.807, 2.05) is 12.3 Å². The van der Waals surface area contributed by atoms with E-state index in [0.717, 1.165) is 93.3 Å². The Morgan fingerprint density at radius 2 is 1.65 bits per heavy atom.